The Balaban J connectivity index is 1.35. The molecule has 2 aliphatic carbocycles. The van der Waals surface area contributed by atoms with Gasteiger partial charge in [-0.1, -0.05) is 0 Å². The van der Waals surface area contributed by atoms with Crippen LogP contribution in [0.25, 0.3) is 0 Å². The topological polar surface area (TPSA) is 45.7 Å². The lowest BCUT2D eigenvalue weighted by Gasteiger charge is -2.20. The van der Waals surface area contributed by atoms with E-state index in [0.29, 0.717) is 24.3 Å². The minimum Gasteiger partial charge on any atom is -0.485 e. The van der Waals surface area contributed by atoms with Crippen LogP contribution in [0.5, 0.6) is 5.75 Å². The zero-order valence-corrected chi connectivity index (χ0v) is 13.9. The van der Waals surface area contributed by atoms with Crippen molar-refractivity contribution in [3.63, 3.8) is 0 Å². The van der Waals surface area contributed by atoms with Gasteiger partial charge in [-0.2, -0.15) is 0 Å². The lowest BCUT2D eigenvalue weighted by Crippen LogP contribution is -2.32. The Bertz CT molecular complexity index is 600. The Hall–Kier alpha value is -1.78. The second kappa shape index (κ2) is 5.69. The maximum absolute atomic E-state index is 12.6. The Morgan fingerprint density at radius 3 is 2.91 bits per heavy atom. The SMILES string of the molecule is CN(C)c1ncccc1O[C@@H]1CCN(C(=O)[C@H]2C[C@@H]2C2CC2)C1. The van der Waals surface area contributed by atoms with Gasteiger partial charge in [-0.15, -0.1) is 0 Å². The highest BCUT2D eigenvalue weighted by molar-refractivity contribution is 5.82. The molecule has 1 aliphatic heterocycles. The molecule has 1 aromatic rings. The summed E-state index contributed by atoms with van der Waals surface area (Å²) < 4.78 is 6.14. The number of ether oxygens (including phenoxy) is 1. The molecule has 0 bridgehead atoms. The normalized spacial score (nSPS) is 29.5. The van der Waals surface area contributed by atoms with Crippen molar-refractivity contribution >= 4 is 11.7 Å². The summed E-state index contributed by atoms with van der Waals surface area (Å²) >= 11 is 0. The summed E-state index contributed by atoms with van der Waals surface area (Å²) in [5.74, 6) is 3.88. The number of carbonyl (C=O) groups is 1. The molecule has 0 spiro atoms. The summed E-state index contributed by atoms with van der Waals surface area (Å²) in [7, 11) is 3.93. The van der Waals surface area contributed by atoms with Crippen LogP contribution < -0.4 is 9.64 Å². The van der Waals surface area contributed by atoms with Gasteiger partial charge in [-0.25, -0.2) is 4.98 Å². The zero-order chi connectivity index (χ0) is 16.0. The number of hydrogen-bond acceptors (Lipinski definition) is 4. The molecule has 0 unspecified atom stereocenters. The van der Waals surface area contributed by atoms with Gasteiger partial charge in [0, 0.05) is 39.2 Å². The van der Waals surface area contributed by atoms with Crippen LogP contribution in [-0.2, 0) is 4.79 Å². The van der Waals surface area contributed by atoms with Crippen molar-refractivity contribution in [2.75, 3.05) is 32.1 Å². The first kappa shape index (κ1) is 14.8. The molecule has 124 valence electrons. The molecule has 1 amide bonds. The van der Waals surface area contributed by atoms with Crippen LogP contribution in [0.3, 0.4) is 0 Å². The first-order chi connectivity index (χ1) is 11.1. The maximum Gasteiger partial charge on any atom is 0.226 e. The molecule has 0 radical (unpaired) electrons. The fourth-order valence-electron chi connectivity index (χ4n) is 3.79. The van der Waals surface area contributed by atoms with Gasteiger partial charge >= 0.3 is 0 Å². The molecule has 0 aromatic carbocycles. The van der Waals surface area contributed by atoms with E-state index in [9.17, 15) is 4.79 Å². The molecule has 23 heavy (non-hydrogen) atoms. The third-order valence-corrected chi connectivity index (χ3v) is 5.31. The van der Waals surface area contributed by atoms with E-state index in [1.807, 2.05) is 36.0 Å². The number of pyridine rings is 1. The van der Waals surface area contributed by atoms with Crippen LogP contribution in [0.2, 0.25) is 0 Å². The minimum atomic E-state index is 0.0833. The summed E-state index contributed by atoms with van der Waals surface area (Å²) in [5.41, 5.74) is 0. The molecular formula is C18H25N3O2. The molecule has 3 aliphatic rings. The standard InChI is InChI=1S/C18H25N3O2/c1-20(2)17-16(4-3-8-19-17)23-13-7-9-21(11-13)18(22)15-10-14(15)12-5-6-12/h3-4,8,12-15H,5-7,9-11H2,1-2H3/t13-,14-,15+/m1/s1. The monoisotopic (exact) mass is 315 g/mol. The Kier molecular flexibility index (Phi) is 3.66. The highest BCUT2D eigenvalue weighted by Crippen LogP contribution is 2.55. The van der Waals surface area contributed by atoms with E-state index in [-0.39, 0.29) is 6.10 Å². The summed E-state index contributed by atoms with van der Waals surface area (Å²) in [4.78, 5) is 20.9. The Morgan fingerprint density at radius 2 is 2.17 bits per heavy atom. The lowest BCUT2D eigenvalue weighted by atomic mass is 10.2. The van der Waals surface area contributed by atoms with Crippen LogP contribution >= 0.6 is 0 Å². The van der Waals surface area contributed by atoms with Gasteiger partial charge < -0.3 is 14.5 Å². The minimum absolute atomic E-state index is 0.0833. The van der Waals surface area contributed by atoms with Crippen molar-refractivity contribution in [2.45, 2.75) is 31.8 Å². The maximum atomic E-state index is 12.6. The first-order valence-electron chi connectivity index (χ1n) is 8.71. The van der Waals surface area contributed by atoms with Gasteiger partial charge in [0.05, 0.1) is 6.54 Å². The number of amides is 1. The number of hydrogen-bond donors (Lipinski definition) is 0. The van der Waals surface area contributed by atoms with E-state index in [0.717, 1.165) is 36.9 Å². The van der Waals surface area contributed by atoms with Crippen LogP contribution in [-0.4, -0.2) is 49.1 Å². The van der Waals surface area contributed by atoms with E-state index in [1.165, 1.54) is 12.8 Å². The van der Waals surface area contributed by atoms with E-state index in [1.54, 1.807) is 6.20 Å². The lowest BCUT2D eigenvalue weighted by molar-refractivity contribution is -0.132. The molecule has 3 fully saturated rings. The molecule has 5 heteroatoms. The van der Waals surface area contributed by atoms with Gasteiger partial charge in [0.15, 0.2) is 11.6 Å². The third kappa shape index (κ3) is 3.01. The quantitative estimate of drug-likeness (QED) is 0.835. The van der Waals surface area contributed by atoms with Crippen molar-refractivity contribution in [1.29, 1.82) is 0 Å². The third-order valence-electron chi connectivity index (χ3n) is 5.31. The zero-order valence-electron chi connectivity index (χ0n) is 13.9. The summed E-state index contributed by atoms with van der Waals surface area (Å²) in [6.45, 7) is 1.55. The number of likely N-dealkylation sites (tertiary alicyclic amines) is 1. The van der Waals surface area contributed by atoms with Gasteiger partial charge in [0.1, 0.15) is 6.10 Å². The van der Waals surface area contributed by atoms with Crippen LogP contribution in [0, 0.1) is 17.8 Å². The van der Waals surface area contributed by atoms with E-state index >= 15 is 0 Å². The fourth-order valence-corrected chi connectivity index (χ4v) is 3.79. The predicted molar refractivity (Wildman–Crippen MR) is 88.5 cm³/mol. The average molecular weight is 315 g/mol. The molecule has 0 N–H and O–H groups in total. The highest BCUT2D eigenvalue weighted by atomic mass is 16.5. The number of nitrogens with zero attached hydrogens (tertiary/aromatic N) is 3. The number of anilines is 1. The molecule has 2 heterocycles. The van der Waals surface area contributed by atoms with Crippen LogP contribution in [0.15, 0.2) is 18.3 Å². The molecule has 5 nitrogen and oxygen atoms in total. The molecule has 2 saturated carbocycles. The van der Waals surface area contributed by atoms with Crippen molar-refractivity contribution in [2.24, 2.45) is 17.8 Å². The van der Waals surface area contributed by atoms with E-state index in [4.69, 9.17) is 4.74 Å². The van der Waals surface area contributed by atoms with Crippen molar-refractivity contribution in [1.82, 2.24) is 9.88 Å². The molecule has 1 saturated heterocycles. The van der Waals surface area contributed by atoms with Gasteiger partial charge in [0.2, 0.25) is 5.91 Å². The number of carbonyl (C=O) groups excluding carboxylic acids is 1. The van der Waals surface area contributed by atoms with Crippen molar-refractivity contribution < 1.29 is 9.53 Å². The molecule has 3 atom stereocenters. The number of aromatic nitrogens is 1. The smallest absolute Gasteiger partial charge is 0.226 e. The largest absolute Gasteiger partial charge is 0.485 e. The van der Waals surface area contributed by atoms with Crippen LogP contribution in [0.1, 0.15) is 25.7 Å². The van der Waals surface area contributed by atoms with Crippen molar-refractivity contribution in [3.8, 4) is 5.75 Å². The summed E-state index contributed by atoms with van der Waals surface area (Å²) in [6, 6.07) is 3.85. The fraction of sp³-hybridized carbons (Fsp3) is 0.667. The second-order valence-electron chi connectivity index (χ2n) is 7.38. The van der Waals surface area contributed by atoms with Crippen LogP contribution in [0.4, 0.5) is 5.82 Å². The molecule has 4 rings (SSSR count). The van der Waals surface area contributed by atoms with Gasteiger partial charge in [0.25, 0.3) is 0 Å². The average Bonchev–Trinajstić information content (AvgIpc) is 3.43. The summed E-state index contributed by atoms with van der Waals surface area (Å²) in [6.07, 6.45) is 6.58. The van der Waals surface area contributed by atoms with E-state index < -0.39 is 0 Å². The summed E-state index contributed by atoms with van der Waals surface area (Å²) in [5, 5.41) is 0. The van der Waals surface area contributed by atoms with Crippen molar-refractivity contribution in [3.05, 3.63) is 18.3 Å². The first-order valence-corrected chi connectivity index (χ1v) is 8.71. The molecule has 1 aromatic heterocycles. The van der Waals surface area contributed by atoms with E-state index in [2.05, 4.69) is 4.98 Å². The number of rotatable bonds is 5. The highest BCUT2D eigenvalue weighted by Gasteiger charge is 2.52. The molecular weight excluding hydrogens is 290 g/mol. The Morgan fingerprint density at radius 1 is 1.35 bits per heavy atom. The second-order valence-corrected chi connectivity index (χ2v) is 7.38. The Labute approximate surface area is 137 Å². The predicted octanol–water partition coefficient (Wildman–Crippen LogP) is 2.17. The van der Waals surface area contributed by atoms with Gasteiger partial charge in [-0.05, 0) is 43.2 Å². The van der Waals surface area contributed by atoms with Gasteiger partial charge in [-0.3, -0.25) is 4.79 Å².